The summed E-state index contributed by atoms with van der Waals surface area (Å²) < 4.78 is 24.9. The van der Waals surface area contributed by atoms with Gasteiger partial charge in [0.1, 0.15) is 0 Å². The molecule has 0 aliphatic heterocycles. The van der Waals surface area contributed by atoms with Gasteiger partial charge >= 0.3 is 7.75 Å². The fourth-order valence-electron chi connectivity index (χ4n) is 0.558. The monoisotopic (exact) mass is 223 g/mol. The molecule has 0 N–H and O–H groups in total. The van der Waals surface area contributed by atoms with Gasteiger partial charge in [-0.15, -0.1) is 4.76 Å². The normalized spacial score (nSPS) is 10.9. The lowest BCUT2D eigenvalue weighted by atomic mass is 10.5. The summed E-state index contributed by atoms with van der Waals surface area (Å²) in [7, 11) is -3.34. The lowest BCUT2D eigenvalue weighted by Gasteiger charge is -2.10. The van der Waals surface area contributed by atoms with Crippen LogP contribution in [0.4, 0.5) is 0 Å². The Bertz CT molecular complexity index is 216. The first-order chi connectivity index (χ1) is 6.18. The van der Waals surface area contributed by atoms with E-state index in [1.807, 2.05) is 19.0 Å². The van der Waals surface area contributed by atoms with E-state index >= 15 is 0 Å². The van der Waals surface area contributed by atoms with Gasteiger partial charge in [-0.05, 0) is 25.1 Å². The summed E-state index contributed by atoms with van der Waals surface area (Å²) in [5.41, 5.74) is 0. The number of thiocarbonyl (C=S) groups is 1. The first kappa shape index (κ1) is 12.9. The van der Waals surface area contributed by atoms with Crippen molar-refractivity contribution in [1.29, 1.82) is 0 Å². The smallest absolute Gasteiger partial charge is 0.291 e. The molecule has 0 saturated heterocycles. The second-order valence-electron chi connectivity index (χ2n) is 2.33. The highest BCUT2D eigenvalue weighted by Crippen LogP contribution is 2.49. The predicted molar refractivity (Wildman–Crippen MR) is 55.1 cm³/mol. The number of hydrogen-bond acceptors (Lipinski definition) is 4. The molecule has 0 bridgehead atoms. The van der Waals surface area contributed by atoms with Crippen molar-refractivity contribution in [1.82, 2.24) is 0 Å². The molecule has 0 rings (SSSR count). The van der Waals surface area contributed by atoms with Crippen LogP contribution in [0.25, 0.3) is 0 Å². The Kier molecular flexibility index (Phi) is 7.33. The fraction of sp³-hybridized carbons (Fsp3) is 0.857. The van der Waals surface area contributed by atoms with E-state index in [0.29, 0.717) is 13.2 Å². The molecule has 0 heterocycles. The number of isothiocyanates is 1. The lowest BCUT2D eigenvalue weighted by molar-refractivity contribution is 0.205. The van der Waals surface area contributed by atoms with Crippen LogP contribution in [0.3, 0.4) is 0 Å². The van der Waals surface area contributed by atoms with Crippen LogP contribution in [-0.2, 0) is 13.6 Å². The molecule has 0 saturated carbocycles. The van der Waals surface area contributed by atoms with Gasteiger partial charge in [-0.1, -0.05) is 13.8 Å². The van der Waals surface area contributed by atoms with Gasteiger partial charge in [-0.2, -0.15) is 0 Å². The quantitative estimate of drug-likeness (QED) is 0.378. The van der Waals surface area contributed by atoms with Gasteiger partial charge in [0.25, 0.3) is 0 Å². The van der Waals surface area contributed by atoms with Crippen molar-refractivity contribution in [3.05, 3.63) is 0 Å². The zero-order valence-electron chi connectivity index (χ0n) is 7.86. The van der Waals surface area contributed by atoms with E-state index in [9.17, 15) is 4.57 Å². The van der Waals surface area contributed by atoms with Crippen LogP contribution in [0.15, 0.2) is 4.76 Å². The molecule has 0 aliphatic rings. The standard InChI is InChI=1S/C7H14NO3PS/c1-3-5-10-12(9,8-7-13)11-6-4-2/h3-6H2,1-2H3. The predicted octanol–water partition coefficient (Wildman–Crippen LogP) is 3.05. The molecule has 0 radical (unpaired) electrons. The minimum Gasteiger partial charge on any atom is -0.291 e. The molecule has 0 fully saturated rings. The zero-order chi connectivity index (χ0) is 10.2. The van der Waals surface area contributed by atoms with Crippen LogP contribution in [0.1, 0.15) is 26.7 Å². The highest BCUT2D eigenvalue weighted by Gasteiger charge is 2.22. The highest BCUT2D eigenvalue weighted by molar-refractivity contribution is 7.78. The Balaban J connectivity index is 4.16. The maximum Gasteiger partial charge on any atom is 0.462 e. The van der Waals surface area contributed by atoms with Crippen LogP contribution in [0, 0.1) is 0 Å². The summed E-state index contributed by atoms with van der Waals surface area (Å²) in [5, 5.41) is 2.02. The topological polar surface area (TPSA) is 47.9 Å². The third kappa shape index (κ3) is 6.08. The SMILES string of the molecule is CCCOP(=O)(N=C=S)OCCC. The molecule has 0 aromatic heterocycles. The number of hydrogen-bond donors (Lipinski definition) is 0. The molecule has 0 aliphatic carbocycles. The number of nitrogens with zero attached hydrogens (tertiary/aromatic N) is 1. The molecule has 0 aromatic rings. The van der Waals surface area contributed by atoms with E-state index in [0.717, 1.165) is 12.8 Å². The minimum absolute atomic E-state index is 0.349. The van der Waals surface area contributed by atoms with Gasteiger partial charge in [-0.3, -0.25) is 9.05 Å². The molecular weight excluding hydrogens is 209 g/mol. The molecular formula is C7H14NO3PS. The zero-order valence-corrected chi connectivity index (χ0v) is 9.57. The number of rotatable bonds is 7. The maximum absolute atomic E-state index is 11.6. The van der Waals surface area contributed by atoms with Crippen molar-refractivity contribution in [3.8, 4) is 0 Å². The molecule has 76 valence electrons. The Morgan fingerprint density at radius 1 is 1.31 bits per heavy atom. The van der Waals surface area contributed by atoms with E-state index in [4.69, 9.17) is 9.05 Å². The average molecular weight is 223 g/mol. The second-order valence-corrected chi connectivity index (χ2v) is 4.16. The third-order valence-corrected chi connectivity index (χ3v) is 2.67. The molecule has 13 heavy (non-hydrogen) atoms. The molecule has 0 aromatic carbocycles. The van der Waals surface area contributed by atoms with Crippen LogP contribution < -0.4 is 0 Å². The average Bonchev–Trinajstić information content (AvgIpc) is 2.12. The van der Waals surface area contributed by atoms with Gasteiger partial charge in [-0.25, -0.2) is 4.57 Å². The van der Waals surface area contributed by atoms with Crippen LogP contribution >= 0.6 is 20.0 Å². The summed E-state index contributed by atoms with van der Waals surface area (Å²) in [6.07, 6.45) is 1.51. The Morgan fingerprint density at radius 3 is 2.08 bits per heavy atom. The van der Waals surface area contributed by atoms with Crippen molar-refractivity contribution in [2.45, 2.75) is 26.7 Å². The van der Waals surface area contributed by atoms with Gasteiger partial charge in [0.2, 0.25) is 0 Å². The summed E-state index contributed by atoms with van der Waals surface area (Å²) in [5.74, 6) is 0. The molecule has 0 spiro atoms. The van der Waals surface area contributed by atoms with E-state index in [1.165, 1.54) is 0 Å². The molecule has 4 nitrogen and oxygen atoms in total. The van der Waals surface area contributed by atoms with E-state index < -0.39 is 7.75 Å². The van der Waals surface area contributed by atoms with Crippen molar-refractivity contribution >= 4 is 25.1 Å². The summed E-state index contributed by atoms with van der Waals surface area (Å²) in [6.45, 7) is 4.51. The first-order valence-corrected chi connectivity index (χ1v) is 6.07. The summed E-state index contributed by atoms with van der Waals surface area (Å²) in [4.78, 5) is 0. The van der Waals surface area contributed by atoms with Crippen molar-refractivity contribution in [3.63, 3.8) is 0 Å². The molecule has 0 atom stereocenters. The third-order valence-electron chi connectivity index (χ3n) is 1.08. The molecule has 6 heteroatoms. The van der Waals surface area contributed by atoms with Gasteiger partial charge in [0, 0.05) is 0 Å². The molecule has 0 amide bonds. The van der Waals surface area contributed by atoms with E-state index in [-0.39, 0.29) is 0 Å². The second kappa shape index (κ2) is 7.36. The first-order valence-electron chi connectivity index (χ1n) is 4.17. The van der Waals surface area contributed by atoms with Crippen molar-refractivity contribution in [2.75, 3.05) is 13.2 Å². The van der Waals surface area contributed by atoms with E-state index in [1.54, 1.807) is 0 Å². The Morgan fingerprint density at radius 2 is 1.77 bits per heavy atom. The largest absolute Gasteiger partial charge is 0.462 e. The van der Waals surface area contributed by atoms with E-state index in [2.05, 4.69) is 17.0 Å². The van der Waals surface area contributed by atoms with Crippen LogP contribution in [0.2, 0.25) is 0 Å². The van der Waals surface area contributed by atoms with Crippen molar-refractivity contribution < 1.29 is 13.6 Å². The lowest BCUT2D eigenvalue weighted by Crippen LogP contribution is -1.95. The van der Waals surface area contributed by atoms with Crippen LogP contribution in [0.5, 0.6) is 0 Å². The van der Waals surface area contributed by atoms with Crippen LogP contribution in [-0.4, -0.2) is 18.4 Å². The summed E-state index contributed by atoms with van der Waals surface area (Å²) in [6, 6.07) is 0. The Labute approximate surface area is 83.9 Å². The van der Waals surface area contributed by atoms with Gasteiger partial charge in [0.15, 0.2) is 0 Å². The molecule has 0 unspecified atom stereocenters. The van der Waals surface area contributed by atoms with Gasteiger partial charge in [0.05, 0.1) is 18.4 Å². The highest BCUT2D eigenvalue weighted by atomic mass is 32.1. The fourth-order valence-corrected chi connectivity index (χ4v) is 1.97. The van der Waals surface area contributed by atoms with Gasteiger partial charge < -0.3 is 0 Å². The Hall–Kier alpha value is -0.0500. The minimum atomic E-state index is -3.34. The summed E-state index contributed by atoms with van der Waals surface area (Å²) >= 11 is 4.35. The van der Waals surface area contributed by atoms with Crippen molar-refractivity contribution in [2.24, 2.45) is 4.76 Å². The maximum atomic E-state index is 11.6.